The van der Waals surface area contributed by atoms with Crippen molar-refractivity contribution >= 4 is 35.1 Å². The van der Waals surface area contributed by atoms with Crippen LogP contribution in [-0.4, -0.2) is 45.7 Å². The molecule has 10 nitrogen and oxygen atoms in total. The normalized spacial score (nSPS) is 25.3. The van der Waals surface area contributed by atoms with Gasteiger partial charge in [0.25, 0.3) is 0 Å². The van der Waals surface area contributed by atoms with Crippen LogP contribution in [0.15, 0.2) is 40.9 Å². The highest BCUT2D eigenvalue weighted by Gasteiger charge is 2.64. The lowest BCUT2D eigenvalue weighted by atomic mass is 9.85. The Bertz CT molecular complexity index is 1370. The van der Waals surface area contributed by atoms with Crippen LogP contribution < -0.4 is 15.5 Å². The summed E-state index contributed by atoms with van der Waals surface area (Å²) in [5.41, 5.74) is 0.720. The number of benzene rings is 1. The Hall–Kier alpha value is -4.09. The molecule has 2 aromatic heterocycles. The van der Waals surface area contributed by atoms with Crippen molar-refractivity contribution in [3.05, 3.63) is 54.1 Å². The average Bonchev–Trinajstić information content (AvgIpc) is 3.22. The zero-order valence-corrected chi connectivity index (χ0v) is 20.6. The molecule has 3 aromatic rings. The minimum Gasteiger partial charge on any atom is -0.466 e. The number of aromatic nitrogens is 3. The number of amides is 1. The van der Waals surface area contributed by atoms with Gasteiger partial charge in [0.2, 0.25) is 0 Å². The first-order valence-corrected chi connectivity index (χ1v) is 12.6. The molecule has 3 unspecified atom stereocenters. The van der Waals surface area contributed by atoms with Gasteiger partial charge in [-0.15, -0.1) is 5.10 Å². The number of hydrogen-bond donors (Lipinski definition) is 2. The molecule has 2 N–H and O–H groups in total. The quantitative estimate of drug-likeness (QED) is 0.432. The van der Waals surface area contributed by atoms with E-state index >= 15 is 0 Å². The Balaban J connectivity index is 1.07. The molecule has 3 aliphatic rings. The van der Waals surface area contributed by atoms with Crippen molar-refractivity contribution in [2.45, 2.75) is 51.1 Å². The van der Waals surface area contributed by atoms with Crippen LogP contribution in [0, 0.1) is 23.0 Å². The van der Waals surface area contributed by atoms with Gasteiger partial charge in [0.05, 0.1) is 24.4 Å². The third kappa shape index (κ3) is 4.44. The van der Waals surface area contributed by atoms with Gasteiger partial charge in [-0.2, -0.15) is 0 Å². The number of esters is 1. The summed E-state index contributed by atoms with van der Waals surface area (Å²) < 4.78 is 37.0. The number of fused-ring (bicyclic) bond motifs is 2. The van der Waals surface area contributed by atoms with Gasteiger partial charge >= 0.3 is 23.8 Å². The molecule has 3 atom stereocenters. The minimum absolute atomic E-state index is 0.0236. The zero-order valence-electron chi connectivity index (χ0n) is 20.6. The van der Waals surface area contributed by atoms with E-state index < -0.39 is 17.5 Å². The third-order valence-corrected chi connectivity index (χ3v) is 7.73. The van der Waals surface area contributed by atoms with Crippen LogP contribution in [0.5, 0.6) is 0 Å². The van der Waals surface area contributed by atoms with Crippen molar-refractivity contribution in [3.8, 4) is 0 Å². The highest BCUT2D eigenvalue weighted by atomic mass is 19.2. The molecule has 1 saturated carbocycles. The predicted molar refractivity (Wildman–Crippen MR) is 132 cm³/mol. The SMILES string of the molecule is CCOC(=O)C1CC12CC1CCC(C2)N1c1ccc(NC(=O)c2nnc(Nc3ccc(F)c(F)c3)o2)cn1. The fourth-order valence-electron chi connectivity index (χ4n) is 5.99. The molecule has 1 spiro atoms. The Morgan fingerprint density at radius 1 is 1.08 bits per heavy atom. The van der Waals surface area contributed by atoms with Gasteiger partial charge in [0.15, 0.2) is 11.6 Å². The fraction of sp³-hybridized carbons (Fsp3) is 0.423. The molecule has 6 rings (SSSR count). The van der Waals surface area contributed by atoms with Crippen molar-refractivity contribution in [1.82, 2.24) is 15.2 Å². The van der Waals surface area contributed by atoms with Gasteiger partial charge in [-0.1, -0.05) is 5.10 Å². The van der Waals surface area contributed by atoms with Crippen LogP contribution in [0.25, 0.3) is 0 Å². The van der Waals surface area contributed by atoms with Gasteiger partial charge in [-0.05, 0) is 68.7 Å². The molecular weight excluding hydrogens is 498 g/mol. The second-order valence-corrected chi connectivity index (χ2v) is 10.1. The van der Waals surface area contributed by atoms with Crippen LogP contribution in [0.1, 0.15) is 49.7 Å². The Morgan fingerprint density at radius 2 is 1.84 bits per heavy atom. The summed E-state index contributed by atoms with van der Waals surface area (Å²) in [6, 6.07) is 7.35. The first-order chi connectivity index (χ1) is 18.3. The van der Waals surface area contributed by atoms with Gasteiger partial charge in [-0.25, -0.2) is 13.8 Å². The van der Waals surface area contributed by atoms with Crippen LogP contribution in [0.3, 0.4) is 0 Å². The van der Waals surface area contributed by atoms with Crippen LogP contribution in [-0.2, 0) is 9.53 Å². The molecule has 4 heterocycles. The van der Waals surface area contributed by atoms with Crippen molar-refractivity contribution in [2.75, 3.05) is 22.1 Å². The molecule has 1 aliphatic carbocycles. The lowest BCUT2D eigenvalue weighted by Crippen LogP contribution is -2.45. The summed E-state index contributed by atoms with van der Waals surface area (Å²) in [4.78, 5) is 31.8. The molecule has 3 fully saturated rings. The van der Waals surface area contributed by atoms with E-state index in [1.165, 1.54) is 6.07 Å². The van der Waals surface area contributed by atoms with Gasteiger partial charge in [0, 0.05) is 23.8 Å². The number of carbonyl (C=O) groups is 2. The van der Waals surface area contributed by atoms with Crippen LogP contribution in [0.2, 0.25) is 0 Å². The predicted octanol–water partition coefficient (Wildman–Crippen LogP) is 4.44. The highest BCUT2D eigenvalue weighted by Crippen LogP contribution is 2.64. The van der Waals surface area contributed by atoms with Crippen molar-refractivity contribution in [2.24, 2.45) is 11.3 Å². The van der Waals surface area contributed by atoms with E-state index in [0.29, 0.717) is 24.4 Å². The number of ether oxygens (including phenoxy) is 1. The summed E-state index contributed by atoms with van der Waals surface area (Å²) in [7, 11) is 0. The highest BCUT2D eigenvalue weighted by molar-refractivity contribution is 6.00. The monoisotopic (exact) mass is 524 g/mol. The number of pyridine rings is 1. The van der Waals surface area contributed by atoms with Crippen molar-refractivity contribution in [3.63, 3.8) is 0 Å². The molecule has 2 aliphatic heterocycles. The summed E-state index contributed by atoms with van der Waals surface area (Å²) in [5.74, 6) is -2.16. The standard InChI is InChI=1S/C26H26F2N6O4/c1-2-37-24(36)18-12-26(18)10-16-5-6-17(11-26)34(16)21-8-4-15(13-29-21)30-22(35)23-32-33-25(38-23)31-14-3-7-19(27)20(28)9-14/h3-4,7-9,13,16-18H,2,5-6,10-12H2,1H3,(H,30,35)(H,31,33). The number of rotatable bonds is 7. The molecule has 1 aromatic carbocycles. The lowest BCUT2D eigenvalue weighted by Gasteiger charge is -2.40. The first-order valence-electron chi connectivity index (χ1n) is 12.6. The van der Waals surface area contributed by atoms with E-state index in [9.17, 15) is 18.4 Å². The van der Waals surface area contributed by atoms with Crippen LogP contribution in [0.4, 0.5) is 32.0 Å². The van der Waals surface area contributed by atoms with E-state index in [2.05, 4.69) is 30.7 Å². The minimum atomic E-state index is -1.03. The molecule has 2 saturated heterocycles. The second-order valence-electron chi connectivity index (χ2n) is 10.1. The summed E-state index contributed by atoms with van der Waals surface area (Å²) in [6.07, 6.45) is 6.56. The van der Waals surface area contributed by atoms with Crippen molar-refractivity contribution in [1.29, 1.82) is 0 Å². The fourth-order valence-corrected chi connectivity index (χ4v) is 5.99. The molecule has 1 amide bonds. The zero-order chi connectivity index (χ0) is 26.4. The topological polar surface area (TPSA) is 122 Å². The largest absolute Gasteiger partial charge is 0.466 e. The molecule has 198 valence electrons. The number of hydrogen-bond acceptors (Lipinski definition) is 9. The molecule has 2 bridgehead atoms. The first kappa shape index (κ1) is 24.3. The van der Waals surface area contributed by atoms with Gasteiger partial charge < -0.3 is 24.7 Å². The maximum Gasteiger partial charge on any atom is 0.320 e. The molecular formula is C26H26F2N6O4. The molecule has 12 heteroatoms. The number of nitrogens with one attached hydrogen (secondary N) is 2. The second kappa shape index (κ2) is 9.34. The Labute approximate surface area is 216 Å². The Morgan fingerprint density at radius 3 is 2.53 bits per heavy atom. The number of anilines is 4. The summed E-state index contributed by atoms with van der Waals surface area (Å²) >= 11 is 0. The van der Waals surface area contributed by atoms with Gasteiger partial charge in [0.1, 0.15) is 5.82 Å². The molecule has 38 heavy (non-hydrogen) atoms. The van der Waals surface area contributed by atoms with Crippen LogP contribution >= 0.6 is 0 Å². The summed E-state index contributed by atoms with van der Waals surface area (Å²) in [6.45, 7) is 2.26. The maximum atomic E-state index is 13.4. The van der Waals surface area contributed by atoms with Crippen molar-refractivity contribution < 1.29 is 27.5 Å². The smallest absolute Gasteiger partial charge is 0.320 e. The number of halogens is 2. The number of nitrogens with zero attached hydrogens (tertiary/aromatic N) is 4. The number of piperidine rings is 1. The molecule has 0 radical (unpaired) electrons. The maximum absolute atomic E-state index is 13.4. The van der Waals surface area contributed by atoms with E-state index in [1.54, 1.807) is 12.3 Å². The third-order valence-electron chi connectivity index (χ3n) is 7.73. The average molecular weight is 525 g/mol. The lowest BCUT2D eigenvalue weighted by molar-refractivity contribution is -0.145. The summed E-state index contributed by atoms with van der Waals surface area (Å²) in [5, 5.41) is 12.7. The van der Waals surface area contributed by atoms with E-state index in [1.807, 2.05) is 13.0 Å². The van der Waals surface area contributed by atoms with Gasteiger partial charge in [-0.3, -0.25) is 9.59 Å². The van der Waals surface area contributed by atoms with E-state index in [0.717, 1.165) is 50.1 Å². The number of carbonyl (C=O) groups excluding carboxylic acids is 2. The van der Waals surface area contributed by atoms with E-state index in [-0.39, 0.29) is 34.9 Å². The van der Waals surface area contributed by atoms with E-state index in [4.69, 9.17) is 9.15 Å². The Kier molecular flexibility index (Phi) is 5.96.